The molecule has 2 atom stereocenters. The molecule has 0 heterocycles. The van der Waals surface area contributed by atoms with E-state index >= 15 is 0 Å². The molecular weight excluding hydrogens is 252 g/mol. The number of hydrogen-bond acceptors (Lipinski definition) is 3. The van der Waals surface area contributed by atoms with Crippen LogP contribution in [0.3, 0.4) is 0 Å². The summed E-state index contributed by atoms with van der Waals surface area (Å²) in [5, 5.41) is 22.4. The summed E-state index contributed by atoms with van der Waals surface area (Å²) in [5.74, 6) is -1.86. The molecule has 7 heteroatoms. The van der Waals surface area contributed by atoms with Crippen LogP contribution < -0.4 is 10.6 Å². The van der Waals surface area contributed by atoms with Crippen LogP contribution in [0.5, 0.6) is 0 Å². The first-order chi connectivity index (χ1) is 8.90. The normalized spacial score (nSPS) is 17.9. The lowest BCUT2D eigenvalue weighted by molar-refractivity contribution is -0.140. The van der Waals surface area contributed by atoms with Gasteiger partial charge in [-0.2, -0.15) is 0 Å². The maximum atomic E-state index is 11.6. The molecule has 1 fully saturated rings. The maximum absolute atomic E-state index is 11.6. The molecule has 0 aliphatic heterocycles. The highest BCUT2D eigenvalue weighted by Crippen LogP contribution is 2.29. The average molecular weight is 272 g/mol. The zero-order chi connectivity index (χ0) is 14.4. The quantitative estimate of drug-likeness (QED) is 0.547. The van der Waals surface area contributed by atoms with E-state index in [2.05, 4.69) is 10.6 Å². The monoisotopic (exact) mass is 272 g/mol. The van der Waals surface area contributed by atoms with E-state index in [-0.39, 0.29) is 18.9 Å². The molecule has 19 heavy (non-hydrogen) atoms. The lowest BCUT2D eigenvalue weighted by Crippen LogP contribution is -2.50. The molecule has 4 N–H and O–H groups in total. The van der Waals surface area contributed by atoms with E-state index in [9.17, 15) is 14.4 Å². The van der Waals surface area contributed by atoms with Gasteiger partial charge in [0.25, 0.3) is 0 Å². The highest BCUT2D eigenvalue weighted by molar-refractivity contribution is 5.83. The zero-order valence-corrected chi connectivity index (χ0v) is 10.9. The fraction of sp³-hybridized carbons (Fsp3) is 0.750. The maximum Gasteiger partial charge on any atom is 0.326 e. The smallest absolute Gasteiger partial charge is 0.326 e. The molecule has 0 radical (unpaired) electrons. The van der Waals surface area contributed by atoms with E-state index in [1.54, 1.807) is 0 Å². The summed E-state index contributed by atoms with van der Waals surface area (Å²) in [7, 11) is 0. The van der Waals surface area contributed by atoms with Crippen molar-refractivity contribution in [3.63, 3.8) is 0 Å². The molecule has 7 nitrogen and oxygen atoms in total. The van der Waals surface area contributed by atoms with Crippen LogP contribution in [0.1, 0.15) is 39.0 Å². The summed E-state index contributed by atoms with van der Waals surface area (Å²) in [6.45, 7) is 1.89. The standard InChI is InChI=1S/C12H20N2O5/c1-7(8-3-2-4-8)13-12(19)14-9(11(17)18)5-6-10(15)16/h7-9H,2-6H2,1H3,(H,15,16)(H,17,18)(H2,13,14,19). The molecule has 1 saturated carbocycles. The molecule has 0 aromatic heterocycles. The number of aliphatic carboxylic acids is 2. The lowest BCUT2D eigenvalue weighted by atomic mass is 9.80. The van der Waals surface area contributed by atoms with Crippen LogP contribution in [0.25, 0.3) is 0 Å². The van der Waals surface area contributed by atoms with Gasteiger partial charge in [-0.25, -0.2) is 9.59 Å². The van der Waals surface area contributed by atoms with Gasteiger partial charge in [0.2, 0.25) is 0 Å². The molecule has 1 aliphatic rings. The molecule has 2 unspecified atom stereocenters. The first-order valence-electron chi connectivity index (χ1n) is 6.41. The van der Waals surface area contributed by atoms with Crippen LogP contribution in [0.2, 0.25) is 0 Å². The van der Waals surface area contributed by atoms with Gasteiger partial charge in [-0.15, -0.1) is 0 Å². The van der Waals surface area contributed by atoms with Gasteiger partial charge in [-0.3, -0.25) is 4.79 Å². The fourth-order valence-electron chi connectivity index (χ4n) is 1.99. The van der Waals surface area contributed by atoms with Crippen molar-refractivity contribution in [2.45, 2.75) is 51.1 Å². The fourth-order valence-corrected chi connectivity index (χ4v) is 1.99. The molecular formula is C12H20N2O5. The number of rotatable bonds is 7. The molecule has 0 saturated heterocycles. The Morgan fingerprint density at radius 3 is 2.26 bits per heavy atom. The number of urea groups is 1. The Hall–Kier alpha value is -1.79. The van der Waals surface area contributed by atoms with E-state index in [1.165, 1.54) is 0 Å². The molecule has 1 aliphatic carbocycles. The Bertz CT molecular complexity index is 354. The number of hydrogen-bond donors (Lipinski definition) is 4. The number of carboxylic acids is 2. The molecule has 0 spiro atoms. The number of carbonyl (C=O) groups is 3. The number of amides is 2. The van der Waals surface area contributed by atoms with Crippen molar-refractivity contribution in [3.05, 3.63) is 0 Å². The van der Waals surface area contributed by atoms with Crippen LogP contribution in [-0.4, -0.2) is 40.3 Å². The summed E-state index contributed by atoms with van der Waals surface area (Å²) in [5.41, 5.74) is 0. The van der Waals surface area contributed by atoms with Crippen molar-refractivity contribution in [2.75, 3.05) is 0 Å². The topological polar surface area (TPSA) is 116 Å². The van der Waals surface area contributed by atoms with Gasteiger partial charge < -0.3 is 20.8 Å². The van der Waals surface area contributed by atoms with Crippen molar-refractivity contribution < 1.29 is 24.6 Å². The molecule has 1 rings (SSSR count). The van der Waals surface area contributed by atoms with Gasteiger partial charge in [0.1, 0.15) is 6.04 Å². The van der Waals surface area contributed by atoms with Crippen LogP contribution in [0.4, 0.5) is 4.79 Å². The van der Waals surface area contributed by atoms with Crippen molar-refractivity contribution in [1.29, 1.82) is 0 Å². The van der Waals surface area contributed by atoms with Gasteiger partial charge in [-0.1, -0.05) is 6.42 Å². The van der Waals surface area contributed by atoms with Crippen LogP contribution >= 0.6 is 0 Å². The van der Waals surface area contributed by atoms with Crippen molar-refractivity contribution >= 4 is 18.0 Å². The van der Waals surface area contributed by atoms with Crippen LogP contribution in [0, 0.1) is 5.92 Å². The average Bonchev–Trinajstić information content (AvgIpc) is 2.20. The summed E-state index contributed by atoms with van der Waals surface area (Å²) in [6, 6.07) is -1.73. The van der Waals surface area contributed by atoms with E-state index < -0.39 is 24.0 Å². The van der Waals surface area contributed by atoms with Crippen LogP contribution in [0.15, 0.2) is 0 Å². The molecule has 0 aromatic carbocycles. The second kappa shape index (κ2) is 6.96. The largest absolute Gasteiger partial charge is 0.481 e. The van der Waals surface area contributed by atoms with E-state index in [1.807, 2.05) is 6.92 Å². The SMILES string of the molecule is CC(NC(=O)NC(CCC(=O)O)C(=O)O)C1CCC1. The summed E-state index contributed by atoms with van der Waals surface area (Å²) in [4.78, 5) is 32.9. The Balaban J connectivity index is 2.37. The van der Waals surface area contributed by atoms with E-state index in [0.29, 0.717) is 5.92 Å². The second-order valence-corrected chi connectivity index (χ2v) is 4.92. The zero-order valence-electron chi connectivity index (χ0n) is 10.9. The first-order valence-corrected chi connectivity index (χ1v) is 6.41. The third-order valence-electron chi connectivity index (χ3n) is 3.47. The van der Waals surface area contributed by atoms with E-state index in [0.717, 1.165) is 19.3 Å². The number of carboxylic acid groups (broad SMARTS) is 2. The van der Waals surface area contributed by atoms with Gasteiger partial charge in [0.15, 0.2) is 0 Å². The minimum atomic E-state index is -1.23. The summed E-state index contributed by atoms with van der Waals surface area (Å²) in [6.07, 6.45) is 2.88. The molecule has 0 bridgehead atoms. The first kappa shape index (κ1) is 15.3. The highest BCUT2D eigenvalue weighted by Gasteiger charge is 2.26. The Kier molecular flexibility index (Phi) is 5.59. The van der Waals surface area contributed by atoms with Crippen LogP contribution in [-0.2, 0) is 9.59 Å². The highest BCUT2D eigenvalue weighted by atomic mass is 16.4. The van der Waals surface area contributed by atoms with Crippen molar-refractivity contribution in [3.8, 4) is 0 Å². The van der Waals surface area contributed by atoms with Gasteiger partial charge in [0, 0.05) is 12.5 Å². The lowest BCUT2D eigenvalue weighted by Gasteiger charge is -2.32. The number of carbonyl (C=O) groups excluding carboxylic acids is 1. The van der Waals surface area contributed by atoms with Gasteiger partial charge in [-0.05, 0) is 32.1 Å². The summed E-state index contributed by atoms with van der Waals surface area (Å²) >= 11 is 0. The molecule has 2 amide bonds. The van der Waals surface area contributed by atoms with E-state index in [4.69, 9.17) is 10.2 Å². The second-order valence-electron chi connectivity index (χ2n) is 4.92. The van der Waals surface area contributed by atoms with Crippen molar-refractivity contribution in [1.82, 2.24) is 10.6 Å². The van der Waals surface area contributed by atoms with Gasteiger partial charge in [0.05, 0.1) is 0 Å². The molecule has 0 aromatic rings. The summed E-state index contributed by atoms with van der Waals surface area (Å²) < 4.78 is 0. The molecule has 108 valence electrons. The third kappa shape index (κ3) is 5.15. The Morgan fingerprint density at radius 1 is 1.21 bits per heavy atom. The third-order valence-corrected chi connectivity index (χ3v) is 3.47. The minimum Gasteiger partial charge on any atom is -0.481 e. The number of nitrogens with one attached hydrogen (secondary N) is 2. The van der Waals surface area contributed by atoms with Gasteiger partial charge >= 0.3 is 18.0 Å². The van der Waals surface area contributed by atoms with Crippen molar-refractivity contribution in [2.24, 2.45) is 5.92 Å². The predicted octanol–water partition coefficient (Wildman–Crippen LogP) is 0.792. The predicted molar refractivity (Wildman–Crippen MR) is 66.8 cm³/mol. The Morgan fingerprint density at radius 2 is 1.84 bits per heavy atom. The Labute approximate surface area is 111 Å². The minimum absolute atomic E-state index is 0.00247.